The number of ether oxygens (including phenoxy) is 1. The van der Waals surface area contributed by atoms with Gasteiger partial charge in [-0.1, -0.05) is 23.5 Å². The molecule has 1 aromatic heterocycles. The van der Waals surface area contributed by atoms with Crippen LogP contribution in [0.1, 0.15) is 11.1 Å². The van der Waals surface area contributed by atoms with E-state index in [1.165, 1.54) is 0 Å². The first-order chi connectivity index (χ1) is 12.0. The number of para-hydroxylation sites is 1. The van der Waals surface area contributed by atoms with Crippen LogP contribution in [0.2, 0.25) is 0 Å². The SMILES string of the molecule is COc1cccc2sc(N(C)CC(=O)Nc3cc(C)cc(C)c3)nc12. The quantitative estimate of drug-likeness (QED) is 0.752. The minimum atomic E-state index is -0.0706. The topological polar surface area (TPSA) is 54.5 Å². The third-order valence-electron chi connectivity index (χ3n) is 3.80. The fourth-order valence-electron chi connectivity index (χ4n) is 2.77. The third kappa shape index (κ3) is 3.91. The third-order valence-corrected chi connectivity index (χ3v) is 4.94. The highest BCUT2D eigenvalue weighted by Gasteiger charge is 2.14. The zero-order valence-corrected chi connectivity index (χ0v) is 15.6. The van der Waals surface area contributed by atoms with Gasteiger partial charge in [0.05, 0.1) is 18.4 Å². The van der Waals surface area contributed by atoms with Gasteiger partial charge in [0, 0.05) is 12.7 Å². The van der Waals surface area contributed by atoms with Crippen molar-refractivity contribution >= 4 is 38.3 Å². The van der Waals surface area contributed by atoms with Crippen molar-refractivity contribution in [1.29, 1.82) is 0 Å². The summed E-state index contributed by atoms with van der Waals surface area (Å²) in [5.74, 6) is 0.673. The average molecular weight is 355 g/mol. The van der Waals surface area contributed by atoms with E-state index in [9.17, 15) is 4.79 Å². The molecule has 3 aromatic rings. The highest BCUT2D eigenvalue weighted by Crippen LogP contribution is 2.33. The number of benzene rings is 2. The van der Waals surface area contributed by atoms with Crippen LogP contribution in [0.3, 0.4) is 0 Å². The molecule has 25 heavy (non-hydrogen) atoms. The number of amides is 1. The number of anilines is 2. The Labute approximate surface area is 151 Å². The highest BCUT2D eigenvalue weighted by atomic mass is 32.1. The first kappa shape index (κ1) is 17.2. The van der Waals surface area contributed by atoms with E-state index in [1.807, 2.05) is 56.1 Å². The molecule has 0 aliphatic heterocycles. The zero-order chi connectivity index (χ0) is 18.0. The number of hydrogen-bond donors (Lipinski definition) is 1. The van der Waals surface area contributed by atoms with E-state index >= 15 is 0 Å². The van der Waals surface area contributed by atoms with Gasteiger partial charge >= 0.3 is 0 Å². The molecule has 0 fully saturated rings. The van der Waals surface area contributed by atoms with Crippen molar-refractivity contribution in [3.63, 3.8) is 0 Å². The van der Waals surface area contributed by atoms with Crippen LogP contribution in [0.25, 0.3) is 10.2 Å². The first-order valence-electron chi connectivity index (χ1n) is 7.99. The van der Waals surface area contributed by atoms with Crippen LogP contribution in [-0.2, 0) is 4.79 Å². The Balaban J connectivity index is 1.73. The maximum absolute atomic E-state index is 12.4. The van der Waals surface area contributed by atoms with Gasteiger partial charge in [-0.05, 0) is 49.2 Å². The minimum absolute atomic E-state index is 0.0706. The number of likely N-dealkylation sites (N-methyl/N-ethyl adjacent to an activating group) is 1. The maximum Gasteiger partial charge on any atom is 0.243 e. The average Bonchev–Trinajstić information content (AvgIpc) is 2.97. The second-order valence-corrected chi connectivity index (χ2v) is 7.09. The summed E-state index contributed by atoms with van der Waals surface area (Å²) in [5, 5.41) is 3.74. The van der Waals surface area contributed by atoms with Gasteiger partial charge in [0.1, 0.15) is 11.3 Å². The van der Waals surface area contributed by atoms with Gasteiger partial charge in [-0.15, -0.1) is 0 Å². The number of methoxy groups -OCH3 is 1. The molecule has 0 radical (unpaired) electrons. The van der Waals surface area contributed by atoms with E-state index in [0.29, 0.717) is 0 Å². The van der Waals surface area contributed by atoms with E-state index in [4.69, 9.17) is 4.74 Å². The molecule has 0 spiro atoms. The van der Waals surface area contributed by atoms with Crippen molar-refractivity contribution in [2.75, 3.05) is 30.9 Å². The number of aryl methyl sites for hydroxylation is 2. The number of nitrogens with zero attached hydrogens (tertiary/aromatic N) is 2. The molecule has 0 atom stereocenters. The lowest BCUT2D eigenvalue weighted by Crippen LogP contribution is -2.30. The molecule has 0 aliphatic rings. The molecular formula is C19H21N3O2S. The molecule has 5 nitrogen and oxygen atoms in total. The van der Waals surface area contributed by atoms with Crippen LogP contribution in [0, 0.1) is 13.8 Å². The van der Waals surface area contributed by atoms with Gasteiger partial charge in [0.15, 0.2) is 5.13 Å². The summed E-state index contributed by atoms with van der Waals surface area (Å²) in [6, 6.07) is 11.8. The Kier molecular flexibility index (Phi) is 4.90. The van der Waals surface area contributed by atoms with Crippen LogP contribution in [-0.4, -0.2) is 31.6 Å². The normalized spacial score (nSPS) is 10.7. The molecule has 0 saturated carbocycles. The van der Waals surface area contributed by atoms with Gasteiger partial charge in [0.2, 0.25) is 5.91 Å². The number of thiazole rings is 1. The summed E-state index contributed by atoms with van der Waals surface area (Å²) in [7, 11) is 3.50. The maximum atomic E-state index is 12.4. The number of carbonyl (C=O) groups excluding carboxylic acids is 1. The van der Waals surface area contributed by atoms with Gasteiger partial charge in [-0.25, -0.2) is 4.98 Å². The lowest BCUT2D eigenvalue weighted by molar-refractivity contribution is -0.114. The van der Waals surface area contributed by atoms with E-state index in [1.54, 1.807) is 18.4 Å². The number of hydrogen-bond acceptors (Lipinski definition) is 5. The lowest BCUT2D eigenvalue weighted by Gasteiger charge is -2.15. The molecule has 2 aromatic carbocycles. The number of nitrogens with one attached hydrogen (secondary N) is 1. The predicted molar refractivity (Wildman–Crippen MR) is 104 cm³/mol. The summed E-state index contributed by atoms with van der Waals surface area (Å²) in [6.45, 7) is 4.27. The van der Waals surface area contributed by atoms with Crippen molar-refractivity contribution < 1.29 is 9.53 Å². The van der Waals surface area contributed by atoms with E-state index in [0.717, 1.165) is 37.9 Å². The van der Waals surface area contributed by atoms with E-state index in [2.05, 4.69) is 16.4 Å². The second kappa shape index (κ2) is 7.11. The largest absolute Gasteiger partial charge is 0.494 e. The summed E-state index contributed by atoms with van der Waals surface area (Å²) in [5.41, 5.74) is 3.90. The van der Waals surface area contributed by atoms with Crippen LogP contribution in [0.15, 0.2) is 36.4 Å². The molecule has 0 aliphatic carbocycles. The highest BCUT2D eigenvalue weighted by molar-refractivity contribution is 7.22. The molecule has 1 amide bonds. The Bertz CT molecular complexity index is 900. The Morgan fingerprint density at radius 2 is 1.96 bits per heavy atom. The summed E-state index contributed by atoms with van der Waals surface area (Å²) in [4.78, 5) is 18.8. The van der Waals surface area contributed by atoms with Crippen molar-refractivity contribution in [3.8, 4) is 5.75 Å². The Morgan fingerprint density at radius 3 is 2.64 bits per heavy atom. The Hall–Kier alpha value is -2.60. The molecule has 0 unspecified atom stereocenters. The van der Waals surface area contributed by atoms with Crippen LogP contribution in [0.5, 0.6) is 5.75 Å². The number of carbonyl (C=O) groups is 1. The molecule has 0 bridgehead atoms. The van der Waals surface area contributed by atoms with Crippen molar-refractivity contribution in [2.45, 2.75) is 13.8 Å². The molecule has 130 valence electrons. The number of fused-ring (bicyclic) bond motifs is 1. The standard InChI is InChI=1S/C19H21N3O2S/c1-12-8-13(2)10-14(9-12)20-17(23)11-22(3)19-21-18-15(24-4)6-5-7-16(18)25-19/h5-10H,11H2,1-4H3,(H,20,23). The molecule has 1 heterocycles. The lowest BCUT2D eigenvalue weighted by atomic mass is 10.1. The zero-order valence-electron chi connectivity index (χ0n) is 14.8. The predicted octanol–water partition coefficient (Wildman–Crippen LogP) is 4.00. The molecule has 3 rings (SSSR count). The summed E-state index contributed by atoms with van der Waals surface area (Å²) < 4.78 is 6.39. The smallest absolute Gasteiger partial charge is 0.243 e. The number of aromatic nitrogens is 1. The first-order valence-corrected chi connectivity index (χ1v) is 8.81. The van der Waals surface area contributed by atoms with Crippen molar-refractivity contribution in [2.24, 2.45) is 0 Å². The molecule has 1 N–H and O–H groups in total. The van der Waals surface area contributed by atoms with Gasteiger partial charge in [-0.3, -0.25) is 4.79 Å². The van der Waals surface area contributed by atoms with Gasteiger partial charge in [-0.2, -0.15) is 0 Å². The number of rotatable bonds is 5. The fourth-order valence-corrected chi connectivity index (χ4v) is 3.71. The van der Waals surface area contributed by atoms with Crippen LogP contribution >= 0.6 is 11.3 Å². The fraction of sp³-hybridized carbons (Fsp3) is 0.263. The van der Waals surface area contributed by atoms with Gasteiger partial charge < -0.3 is 15.0 Å². The second-order valence-electron chi connectivity index (χ2n) is 6.08. The van der Waals surface area contributed by atoms with Crippen molar-refractivity contribution in [3.05, 3.63) is 47.5 Å². The summed E-state index contributed by atoms with van der Waals surface area (Å²) in [6.07, 6.45) is 0. The van der Waals surface area contributed by atoms with Crippen LogP contribution < -0.4 is 15.0 Å². The van der Waals surface area contributed by atoms with Crippen molar-refractivity contribution in [1.82, 2.24) is 4.98 Å². The monoisotopic (exact) mass is 355 g/mol. The molecule has 6 heteroatoms. The molecule has 0 saturated heterocycles. The van der Waals surface area contributed by atoms with Crippen LogP contribution in [0.4, 0.5) is 10.8 Å². The van der Waals surface area contributed by atoms with E-state index < -0.39 is 0 Å². The van der Waals surface area contributed by atoms with E-state index in [-0.39, 0.29) is 12.5 Å². The van der Waals surface area contributed by atoms with Gasteiger partial charge in [0.25, 0.3) is 0 Å². The molecular weight excluding hydrogens is 334 g/mol. The Morgan fingerprint density at radius 1 is 1.24 bits per heavy atom. The minimum Gasteiger partial charge on any atom is -0.494 e. The summed E-state index contributed by atoms with van der Waals surface area (Å²) >= 11 is 1.54.